The van der Waals surface area contributed by atoms with Crippen molar-refractivity contribution in [2.24, 2.45) is 5.92 Å². The summed E-state index contributed by atoms with van der Waals surface area (Å²) in [5.74, 6) is 1.70. The summed E-state index contributed by atoms with van der Waals surface area (Å²) in [6.07, 6.45) is 4.69. The minimum atomic E-state index is 0.313. The lowest BCUT2D eigenvalue weighted by atomic mass is 10.00. The largest absolute Gasteiger partial charge is 0.443 e. The first-order chi connectivity index (χ1) is 7.24. The first-order valence-corrected chi connectivity index (χ1v) is 5.37. The molecule has 2 aromatic rings. The Bertz CT molecular complexity index is 440. The van der Waals surface area contributed by atoms with Crippen LogP contribution in [0.2, 0.25) is 0 Å². The molecule has 0 bridgehead atoms. The highest BCUT2D eigenvalue weighted by Crippen LogP contribution is 2.25. The van der Waals surface area contributed by atoms with Crippen molar-refractivity contribution in [3.05, 3.63) is 12.2 Å². The fraction of sp³-hybridized carbons (Fsp3) is 0.545. The molecule has 0 unspecified atom stereocenters. The van der Waals surface area contributed by atoms with Gasteiger partial charge in [-0.1, -0.05) is 26.7 Å². The second-order valence-corrected chi connectivity index (χ2v) is 3.81. The summed E-state index contributed by atoms with van der Waals surface area (Å²) in [7, 11) is 0. The number of hydrogen-bond acceptors (Lipinski definition) is 4. The predicted molar refractivity (Wildman–Crippen MR) is 58.5 cm³/mol. The van der Waals surface area contributed by atoms with Gasteiger partial charge in [0, 0.05) is 6.42 Å². The maximum atomic E-state index is 5.58. The highest BCUT2D eigenvalue weighted by molar-refractivity contribution is 5.81. The number of nitrogens with two attached hydrogens (primary N) is 1. The lowest BCUT2D eigenvalue weighted by Gasteiger charge is -2.07. The van der Waals surface area contributed by atoms with Crippen LogP contribution in [-0.2, 0) is 6.42 Å². The molecule has 0 radical (unpaired) electrons. The van der Waals surface area contributed by atoms with Crippen LogP contribution >= 0.6 is 0 Å². The van der Waals surface area contributed by atoms with Gasteiger partial charge >= 0.3 is 0 Å². The van der Waals surface area contributed by atoms with Gasteiger partial charge in [-0.25, -0.2) is 4.98 Å². The number of oxazole rings is 1. The zero-order chi connectivity index (χ0) is 10.8. The van der Waals surface area contributed by atoms with Crippen LogP contribution in [0.1, 0.15) is 32.6 Å². The Labute approximate surface area is 88.5 Å². The Kier molecular flexibility index (Phi) is 2.66. The summed E-state index contributed by atoms with van der Waals surface area (Å²) in [6, 6.07) is 0. The number of anilines is 1. The Balaban J connectivity index is 2.21. The molecule has 0 amide bonds. The topological polar surface area (TPSA) is 65.2 Å². The third kappa shape index (κ3) is 1.84. The normalized spacial score (nSPS) is 11.7. The van der Waals surface area contributed by atoms with E-state index in [0.29, 0.717) is 22.9 Å². The summed E-state index contributed by atoms with van der Waals surface area (Å²) < 4.78 is 10.5. The molecule has 0 saturated carbocycles. The Morgan fingerprint density at radius 1 is 1.40 bits per heavy atom. The van der Waals surface area contributed by atoms with Crippen LogP contribution in [0, 0.1) is 5.92 Å². The molecule has 0 aliphatic heterocycles. The minimum Gasteiger partial charge on any atom is -0.443 e. The van der Waals surface area contributed by atoms with E-state index in [1.54, 1.807) is 0 Å². The highest BCUT2D eigenvalue weighted by Gasteiger charge is 2.14. The summed E-state index contributed by atoms with van der Waals surface area (Å²) in [5, 5.41) is 0. The number of rotatable bonds is 4. The molecular weight excluding hydrogens is 192 g/mol. The van der Waals surface area contributed by atoms with E-state index in [0.717, 1.165) is 25.2 Å². The van der Waals surface area contributed by atoms with Crippen molar-refractivity contribution < 1.29 is 8.83 Å². The van der Waals surface area contributed by atoms with Crippen LogP contribution in [0.25, 0.3) is 11.1 Å². The third-order valence-electron chi connectivity index (χ3n) is 2.84. The van der Waals surface area contributed by atoms with Crippen molar-refractivity contribution in [2.75, 3.05) is 5.73 Å². The summed E-state index contributed by atoms with van der Waals surface area (Å²) in [6.45, 7) is 4.36. The first kappa shape index (κ1) is 10.1. The van der Waals surface area contributed by atoms with Crippen molar-refractivity contribution in [2.45, 2.75) is 33.1 Å². The molecule has 4 heteroatoms. The first-order valence-electron chi connectivity index (χ1n) is 5.37. The lowest BCUT2D eigenvalue weighted by molar-refractivity contribution is 0.419. The molecule has 0 atom stereocenters. The fourth-order valence-electron chi connectivity index (χ4n) is 1.72. The Hall–Kier alpha value is -1.45. The number of hydrogen-bond donors (Lipinski definition) is 1. The molecule has 0 spiro atoms. The van der Waals surface area contributed by atoms with E-state index in [-0.39, 0.29) is 0 Å². The molecule has 0 fully saturated rings. The molecule has 4 nitrogen and oxygen atoms in total. The quantitative estimate of drug-likeness (QED) is 0.838. The molecule has 2 rings (SSSR count). The zero-order valence-corrected chi connectivity index (χ0v) is 9.12. The molecule has 0 aliphatic carbocycles. The van der Waals surface area contributed by atoms with Crippen LogP contribution in [0.4, 0.5) is 5.88 Å². The van der Waals surface area contributed by atoms with E-state index in [9.17, 15) is 0 Å². The van der Waals surface area contributed by atoms with Crippen molar-refractivity contribution in [3.8, 4) is 0 Å². The fourth-order valence-corrected chi connectivity index (χ4v) is 1.72. The number of nitrogens with zero attached hydrogens (tertiary/aromatic N) is 1. The van der Waals surface area contributed by atoms with Gasteiger partial charge in [0.1, 0.15) is 6.26 Å². The van der Waals surface area contributed by atoms with Gasteiger partial charge in [0.2, 0.25) is 11.5 Å². The van der Waals surface area contributed by atoms with E-state index < -0.39 is 0 Å². The van der Waals surface area contributed by atoms with E-state index in [4.69, 9.17) is 14.6 Å². The zero-order valence-electron chi connectivity index (χ0n) is 9.12. The van der Waals surface area contributed by atoms with Gasteiger partial charge < -0.3 is 14.6 Å². The van der Waals surface area contributed by atoms with Gasteiger partial charge in [-0.15, -0.1) is 0 Å². The van der Waals surface area contributed by atoms with Crippen LogP contribution in [0.3, 0.4) is 0 Å². The molecule has 2 N–H and O–H groups in total. The van der Waals surface area contributed by atoms with Gasteiger partial charge in [-0.05, 0) is 5.92 Å². The van der Waals surface area contributed by atoms with E-state index in [1.807, 2.05) is 0 Å². The van der Waals surface area contributed by atoms with E-state index >= 15 is 0 Å². The molecule has 2 aromatic heterocycles. The van der Waals surface area contributed by atoms with Crippen molar-refractivity contribution in [1.82, 2.24) is 4.98 Å². The smallest absolute Gasteiger partial charge is 0.235 e. The van der Waals surface area contributed by atoms with Gasteiger partial charge in [-0.3, -0.25) is 0 Å². The number of fused-ring (bicyclic) bond motifs is 1. The minimum absolute atomic E-state index is 0.313. The highest BCUT2D eigenvalue weighted by atomic mass is 16.4. The van der Waals surface area contributed by atoms with Crippen molar-refractivity contribution in [3.63, 3.8) is 0 Å². The van der Waals surface area contributed by atoms with E-state index in [2.05, 4.69) is 18.8 Å². The van der Waals surface area contributed by atoms with Crippen LogP contribution in [0.15, 0.2) is 15.1 Å². The molecule has 15 heavy (non-hydrogen) atoms. The number of nitrogen functional groups attached to an aromatic ring is 1. The number of furan rings is 1. The van der Waals surface area contributed by atoms with Crippen molar-refractivity contribution >= 4 is 17.0 Å². The third-order valence-corrected chi connectivity index (χ3v) is 2.84. The van der Waals surface area contributed by atoms with Gasteiger partial charge in [-0.2, -0.15) is 0 Å². The monoisotopic (exact) mass is 208 g/mol. The average Bonchev–Trinajstić information content (AvgIpc) is 2.78. The second-order valence-electron chi connectivity index (χ2n) is 3.81. The maximum absolute atomic E-state index is 5.58. The van der Waals surface area contributed by atoms with Crippen molar-refractivity contribution in [1.29, 1.82) is 0 Å². The Morgan fingerprint density at radius 2 is 2.13 bits per heavy atom. The maximum Gasteiger partial charge on any atom is 0.235 e. The molecule has 82 valence electrons. The van der Waals surface area contributed by atoms with Gasteiger partial charge in [0.15, 0.2) is 11.4 Å². The predicted octanol–water partition coefficient (Wildman–Crippen LogP) is 2.98. The molecular formula is C11H16N2O2. The summed E-state index contributed by atoms with van der Waals surface area (Å²) in [4.78, 5) is 4.33. The van der Waals surface area contributed by atoms with Gasteiger partial charge in [0.05, 0.1) is 0 Å². The SMILES string of the molecule is CCC(CC)Cc1nc2coc(N)c2o1. The molecule has 0 saturated heterocycles. The molecule has 0 aromatic carbocycles. The van der Waals surface area contributed by atoms with Crippen LogP contribution in [0.5, 0.6) is 0 Å². The second kappa shape index (κ2) is 3.96. The molecule has 2 heterocycles. The summed E-state index contributed by atoms with van der Waals surface area (Å²) >= 11 is 0. The number of aromatic nitrogens is 1. The average molecular weight is 208 g/mol. The van der Waals surface area contributed by atoms with Crippen LogP contribution < -0.4 is 5.73 Å². The summed E-state index contributed by atoms with van der Waals surface area (Å²) in [5.41, 5.74) is 6.88. The van der Waals surface area contributed by atoms with Gasteiger partial charge in [0.25, 0.3) is 0 Å². The molecule has 0 aliphatic rings. The van der Waals surface area contributed by atoms with Crippen LogP contribution in [-0.4, -0.2) is 4.98 Å². The lowest BCUT2D eigenvalue weighted by Crippen LogP contribution is -2.01. The Morgan fingerprint density at radius 3 is 2.73 bits per heavy atom. The standard InChI is InChI=1S/C11H16N2O2/c1-3-7(4-2)5-9-13-8-6-14-11(12)10(8)15-9/h6-7H,3-5,12H2,1-2H3. The van der Waals surface area contributed by atoms with E-state index in [1.165, 1.54) is 6.26 Å².